The molecule has 0 aliphatic rings. The molecule has 0 bridgehead atoms. The van der Waals surface area contributed by atoms with Gasteiger partial charge in [0.1, 0.15) is 0 Å². The van der Waals surface area contributed by atoms with E-state index in [2.05, 4.69) is 85.9 Å². The van der Waals surface area contributed by atoms with E-state index in [1.54, 1.807) is 0 Å². The van der Waals surface area contributed by atoms with Crippen molar-refractivity contribution in [2.24, 2.45) is 0 Å². The van der Waals surface area contributed by atoms with Crippen molar-refractivity contribution in [3.8, 4) is 6.07 Å². The van der Waals surface area contributed by atoms with Crippen molar-refractivity contribution in [3.05, 3.63) is 107 Å². The Kier molecular flexibility index (Phi) is 9.16. The number of thiocarbonyl (C=S) groups is 1. The molecular formula is C29H32N2S. The Morgan fingerprint density at radius 2 is 1.41 bits per heavy atom. The minimum atomic E-state index is 0.183. The second-order valence-electron chi connectivity index (χ2n) is 8.31. The lowest BCUT2D eigenvalue weighted by Crippen LogP contribution is -2.36. The lowest BCUT2D eigenvalue weighted by Gasteiger charge is -2.33. The zero-order chi connectivity index (χ0) is 22.8. The minimum Gasteiger partial charge on any atom is -0.307 e. The van der Waals surface area contributed by atoms with Crippen LogP contribution in [0.15, 0.2) is 84.9 Å². The van der Waals surface area contributed by atoms with Gasteiger partial charge in [-0.1, -0.05) is 98.9 Å². The largest absolute Gasteiger partial charge is 0.307 e. The second kappa shape index (κ2) is 12.3. The standard InChI is InChI=1S/C29H32N2S/c1-3-26(4-2)31-29(25-13-9-6-10-14-25)28(24-11-7-5-8-12-24)20-27(32)19-22-15-17-23(21-30)18-16-22/h5-18,26,28-29,31H,3-4,19-20H2,1-2H3/t28-,29-/m1/s1. The van der Waals surface area contributed by atoms with E-state index in [1.807, 2.05) is 24.3 Å². The van der Waals surface area contributed by atoms with Crippen LogP contribution in [-0.2, 0) is 6.42 Å². The van der Waals surface area contributed by atoms with Gasteiger partial charge < -0.3 is 5.32 Å². The summed E-state index contributed by atoms with van der Waals surface area (Å²) in [5, 5.41) is 13.0. The van der Waals surface area contributed by atoms with Gasteiger partial charge in [0.15, 0.2) is 0 Å². The van der Waals surface area contributed by atoms with Crippen molar-refractivity contribution in [1.29, 1.82) is 5.26 Å². The molecule has 3 aromatic carbocycles. The summed E-state index contributed by atoms with van der Waals surface area (Å²) in [7, 11) is 0. The van der Waals surface area contributed by atoms with E-state index in [-0.39, 0.29) is 12.0 Å². The lowest BCUT2D eigenvalue weighted by molar-refractivity contribution is 0.372. The van der Waals surface area contributed by atoms with Gasteiger partial charge in [0.2, 0.25) is 0 Å². The summed E-state index contributed by atoms with van der Waals surface area (Å²) in [6, 6.07) is 32.1. The van der Waals surface area contributed by atoms with Crippen LogP contribution in [0.5, 0.6) is 0 Å². The Bertz CT molecular complexity index is 1000. The van der Waals surface area contributed by atoms with Crippen LogP contribution in [-0.4, -0.2) is 10.9 Å². The number of nitrogens with zero attached hydrogens (tertiary/aromatic N) is 1. The summed E-state index contributed by atoms with van der Waals surface area (Å²) in [4.78, 5) is 1.04. The maximum absolute atomic E-state index is 9.05. The molecule has 1 N–H and O–H groups in total. The third kappa shape index (κ3) is 6.60. The van der Waals surface area contributed by atoms with Crippen LogP contribution in [0.25, 0.3) is 0 Å². The zero-order valence-electron chi connectivity index (χ0n) is 19.0. The van der Waals surface area contributed by atoms with Crippen LogP contribution >= 0.6 is 12.2 Å². The zero-order valence-corrected chi connectivity index (χ0v) is 19.8. The molecule has 3 aromatic rings. The second-order valence-corrected chi connectivity index (χ2v) is 8.89. The van der Waals surface area contributed by atoms with Gasteiger partial charge in [-0.3, -0.25) is 0 Å². The van der Waals surface area contributed by atoms with E-state index in [9.17, 15) is 0 Å². The molecule has 0 amide bonds. The number of benzene rings is 3. The Labute approximate surface area is 198 Å². The maximum atomic E-state index is 9.05. The molecule has 0 aromatic heterocycles. The average molecular weight is 441 g/mol. The topological polar surface area (TPSA) is 35.8 Å². The van der Waals surface area contributed by atoms with Gasteiger partial charge in [-0.05, 0) is 53.0 Å². The van der Waals surface area contributed by atoms with Gasteiger partial charge in [-0.2, -0.15) is 5.26 Å². The highest BCUT2D eigenvalue weighted by Gasteiger charge is 2.27. The molecule has 3 heteroatoms. The van der Waals surface area contributed by atoms with E-state index >= 15 is 0 Å². The molecule has 0 fully saturated rings. The molecule has 2 atom stereocenters. The SMILES string of the molecule is CCC(CC)N[C@H](c1ccccc1)[C@H](CC(=S)Cc1ccc(C#N)cc1)c1ccccc1. The first kappa shape index (κ1) is 23.9. The van der Waals surface area contributed by atoms with Crippen LogP contribution < -0.4 is 5.32 Å². The first-order valence-electron chi connectivity index (χ1n) is 11.5. The fourth-order valence-electron chi connectivity index (χ4n) is 4.25. The van der Waals surface area contributed by atoms with Crippen molar-refractivity contribution >= 4 is 17.1 Å². The van der Waals surface area contributed by atoms with Crippen molar-refractivity contribution in [2.45, 2.75) is 57.5 Å². The molecule has 3 rings (SSSR count). The van der Waals surface area contributed by atoms with Crippen molar-refractivity contribution in [1.82, 2.24) is 5.32 Å². The molecule has 0 aliphatic heterocycles. The molecule has 0 heterocycles. The predicted molar refractivity (Wildman–Crippen MR) is 138 cm³/mol. The fourth-order valence-corrected chi connectivity index (χ4v) is 4.60. The molecule has 0 saturated heterocycles. The van der Waals surface area contributed by atoms with Crippen LogP contribution in [0.2, 0.25) is 0 Å². The van der Waals surface area contributed by atoms with Crippen LogP contribution in [0.1, 0.15) is 67.3 Å². The minimum absolute atomic E-state index is 0.183. The van der Waals surface area contributed by atoms with E-state index in [4.69, 9.17) is 17.5 Å². The number of nitrogens with one attached hydrogen (secondary N) is 1. The monoisotopic (exact) mass is 440 g/mol. The quantitative estimate of drug-likeness (QED) is 0.321. The van der Waals surface area contributed by atoms with Crippen molar-refractivity contribution < 1.29 is 0 Å². The fraction of sp³-hybridized carbons (Fsp3) is 0.310. The molecule has 164 valence electrons. The average Bonchev–Trinajstić information content (AvgIpc) is 2.85. The number of nitriles is 1. The van der Waals surface area contributed by atoms with Crippen LogP contribution in [0.4, 0.5) is 0 Å². The Balaban J connectivity index is 1.90. The molecule has 32 heavy (non-hydrogen) atoms. The van der Waals surface area contributed by atoms with E-state index in [0.717, 1.165) is 36.1 Å². The normalized spacial score (nSPS) is 12.8. The Morgan fingerprint density at radius 3 is 1.94 bits per heavy atom. The van der Waals surface area contributed by atoms with Gasteiger partial charge in [-0.15, -0.1) is 0 Å². The number of rotatable bonds is 11. The van der Waals surface area contributed by atoms with E-state index < -0.39 is 0 Å². The third-order valence-electron chi connectivity index (χ3n) is 6.12. The summed E-state index contributed by atoms with van der Waals surface area (Å²) >= 11 is 5.92. The molecule has 0 radical (unpaired) electrons. The Hall–Kier alpha value is -2.80. The summed E-state index contributed by atoms with van der Waals surface area (Å²) < 4.78 is 0. The highest BCUT2D eigenvalue weighted by Crippen LogP contribution is 2.35. The van der Waals surface area contributed by atoms with E-state index in [0.29, 0.717) is 11.6 Å². The van der Waals surface area contributed by atoms with Crippen LogP contribution in [0.3, 0.4) is 0 Å². The van der Waals surface area contributed by atoms with Gasteiger partial charge in [0.25, 0.3) is 0 Å². The highest BCUT2D eigenvalue weighted by atomic mass is 32.1. The molecule has 0 saturated carbocycles. The first-order chi connectivity index (χ1) is 15.6. The third-order valence-corrected chi connectivity index (χ3v) is 6.43. The molecule has 0 unspecified atom stereocenters. The van der Waals surface area contributed by atoms with Crippen molar-refractivity contribution in [3.63, 3.8) is 0 Å². The summed E-state index contributed by atoms with van der Waals surface area (Å²) in [5.74, 6) is 0.241. The molecule has 2 nitrogen and oxygen atoms in total. The van der Waals surface area contributed by atoms with Gasteiger partial charge in [0, 0.05) is 24.4 Å². The first-order valence-corrected chi connectivity index (χ1v) is 11.9. The number of hydrogen-bond acceptors (Lipinski definition) is 3. The van der Waals surface area contributed by atoms with Crippen LogP contribution in [0, 0.1) is 11.3 Å². The molecule has 0 spiro atoms. The van der Waals surface area contributed by atoms with E-state index in [1.165, 1.54) is 11.1 Å². The van der Waals surface area contributed by atoms with Gasteiger partial charge in [-0.25, -0.2) is 0 Å². The molecular weight excluding hydrogens is 408 g/mol. The number of hydrogen-bond donors (Lipinski definition) is 1. The molecule has 0 aliphatic carbocycles. The lowest BCUT2D eigenvalue weighted by atomic mass is 9.82. The Morgan fingerprint density at radius 1 is 0.844 bits per heavy atom. The van der Waals surface area contributed by atoms with Gasteiger partial charge >= 0.3 is 0 Å². The predicted octanol–water partition coefficient (Wildman–Crippen LogP) is 7.16. The summed E-state index contributed by atoms with van der Waals surface area (Å²) in [6.45, 7) is 4.49. The van der Waals surface area contributed by atoms with Crippen molar-refractivity contribution in [2.75, 3.05) is 0 Å². The highest BCUT2D eigenvalue weighted by molar-refractivity contribution is 7.80. The van der Waals surface area contributed by atoms with Gasteiger partial charge in [0.05, 0.1) is 11.6 Å². The summed E-state index contributed by atoms with van der Waals surface area (Å²) in [5.41, 5.74) is 4.45. The smallest absolute Gasteiger partial charge is 0.0991 e. The summed E-state index contributed by atoms with van der Waals surface area (Å²) in [6.07, 6.45) is 3.76. The maximum Gasteiger partial charge on any atom is 0.0991 e.